The van der Waals surface area contributed by atoms with Crippen LogP contribution in [0.5, 0.6) is 0 Å². The number of aliphatic carboxylic acids is 2. The van der Waals surface area contributed by atoms with Crippen molar-refractivity contribution < 1.29 is 38.0 Å². The standard InChI is InChI=1S/C26H27N5O3S.C2HF3O2/c1-17-6-8-19(9-7-17)22(11-24(32)33)31-14-18(2)25(30-26(31)34)29-13-21-16-35-15-20(21)12-28-23-5-3-4-10-27-23;3-2(4,5)1(6)7/h3-10,14-16,22H,11-13H2,1-2H3,(H,27,28)(H,32,33)(H,29,30,34);(H,6,7). The van der Waals surface area contributed by atoms with Gasteiger partial charge in [-0.3, -0.25) is 14.7 Å². The number of anilines is 2. The van der Waals surface area contributed by atoms with E-state index in [1.807, 2.05) is 62.5 Å². The second kappa shape index (κ2) is 14.3. The molecule has 1 unspecified atom stereocenters. The second-order valence-electron chi connectivity index (χ2n) is 9.18. The number of aromatic nitrogens is 3. The van der Waals surface area contributed by atoms with Crippen LogP contribution in [0.3, 0.4) is 0 Å². The molecule has 10 nitrogen and oxygen atoms in total. The number of rotatable bonds is 10. The number of thiophene rings is 1. The maximum atomic E-state index is 13.0. The number of benzene rings is 1. The smallest absolute Gasteiger partial charge is 0.430 e. The Bertz CT molecular complexity index is 1560. The third-order valence-corrected chi connectivity index (χ3v) is 6.83. The lowest BCUT2D eigenvalue weighted by Crippen LogP contribution is -2.37. The maximum Gasteiger partial charge on any atom is 0.430 e. The molecule has 4 N–H and O–H groups in total. The fourth-order valence-corrected chi connectivity index (χ4v) is 4.70. The van der Waals surface area contributed by atoms with Gasteiger partial charge >= 0.3 is 17.8 Å². The number of carbonyl (C=O) groups excluding carboxylic acids is 1. The van der Waals surface area contributed by atoms with Crippen LogP contribution >= 0.6 is 11.3 Å². The number of hydrogen-bond acceptors (Lipinski definition) is 8. The highest BCUT2D eigenvalue weighted by atomic mass is 32.1. The topological polar surface area (TPSA) is 151 Å². The van der Waals surface area contributed by atoms with Crippen molar-refractivity contribution in [2.45, 2.75) is 45.6 Å². The minimum atomic E-state index is -5.19. The first-order valence-electron chi connectivity index (χ1n) is 12.5. The fraction of sp³-hybridized carbons (Fsp3) is 0.250. The Hall–Kier alpha value is -4.72. The second-order valence-corrected chi connectivity index (χ2v) is 9.92. The van der Waals surface area contributed by atoms with E-state index >= 15 is 0 Å². The first-order chi connectivity index (χ1) is 19.8. The average molecular weight is 604 g/mol. The van der Waals surface area contributed by atoms with Crippen LogP contribution in [0.4, 0.5) is 24.8 Å². The van der Waals surface area contributed by atoms with Gasteiger partial charge in [-0.25, -0.2) is 9.78 Å². The Morgan fingerprint density at radius 3 is 2.24 bits per heavy atom. The highest BCUT2D eigenvalue weighted by Gasteiger charge is 2.28. The molecular formula is C28H28F3N5O5S. The van der Waals surface area contributed by atoms with E-state index in [1.54, 1.807) is 17.5 Å². The molecule has 0 aliphatic rings. The Morgan fingerprint density at radius 2 is 1.69 bits per heavy atom. The SMILES string of the molecule is Cc1ccc(C(CC(=O)O)n2cc(C)c(NCc3cscc3CNc3cccc[nH+]3)nc2=O)cc1.O=C([O-])C(F)(F)F. The monoisotopic (exact) mass is 603 g/mol. The van der Waals surface area contributed by atoms with E-state index < -0.39 is 29.8 Å². The van der Waals surface area contributed by atoms with Crippen LogP contribution in [-0.2, 0) is 22.7 Å². The summed E-state index contributed by atoms with van der Waals surface area (Å²) in [5.41, 5.74) is 4.37. The number of nitrogens with zero attached hydrogens (tertiary/aromatic N) is 2. The van der Waals surface area contributed by atoms with Crippen LogP contribution in [0.25, 0.3) is 0 Å². The highest BCUT2D eigenvalue weighted by Crippen LogP contribution is 2.23. The number of alkyl halides is 3. The summed E-state index contributed by atoms with van der Waals surface area (Å²) in [6.45, 7) is 5.01. The molecule has 3 aromatic heterocycles. The molecule has 4 aromatic rings. The van der Waals surface area contributed by atoms with Crippen molar-refractivity contribution in [2.75, 3.05) is 10.6 Å². The number of carboxylic acids is 2. The van der Waals surface area contributed by atoms with Gasteiger partial charge in [0.15, 0.2) is 0 Å². The van der Waals surface area contributed by atoms with Gasteiger partial charge in [-0.05, 0) is 41.8 Å². The molecule has 4 rings (SSSR count). The molecule has 0 aliphatic carbocycles. The molecule has 3 heterocycles. The van der Waals surface area contributed by atoms with Crippen LogP contribution < -0.4 is 26.4 Å². The maximum absolute atomic E-state index is 13.0. The molecule has 222 valence electrons. The molecule has 0 spiro atoms. The number of nitrogens with one attached hydrogen (secondary N) is 3. The number of pyridine rings is 1. The van der Waals surface area contributed by atoms with Crippen molar-refractivity contribution in [1.29, 1.82) is 0 Å². The molecule has 0 saturated heterocycles. The van der Waals surface area contributed by atoms with Gasteiger partial charge in [-0.1, -0.05) is 35.9 Å². The first-order valence-corrected chi connectivity index (χ1v) is 13.4. The zero-order chi connectivity index (χ0) is 30.9. The molecule has 1 atom stereocenters. The number of aryl methyl sites for hydroxylation is 2. The van der Waals surface area contributed by atoms with Gasteiger partial charge in [0.05, 0.1) is 18.7 Å². The molecule has 0 radical (unpaired) electrons. The molecule has 0 saturated carbocycles. The summed E-state index contributed by atoms with van der Waals surface area (Å²) >= 11 is 1.62. The fourth-order valence-electron chi connectivity index (χ4n) is 3.83. The van der Waals surface area contributed by atoms with Crippen molar-refractivity contribution in [2.24, 2.45) is 0 Å². The van der Waals surface area contributed by atoms with Gasteiger partial charge in [0.1, 0.15) is 18.3 Å². The van der Waals surface area contributed by atoms with Gasteiger partial charge in [0.25, 0.3) is 5.82 Å². The minimum Gasteiger partial charge on any atom is -0.542 e. The molecule has 0 bridgehead atoms. The van der Waals surface area contributed by atoms with Gasteiger partial charge in [-0.2, -0.15) is 29.5 Å². The van der Waals surface area contributed by atoms with Gasteiger partial charge in [-0.15, -0.1) is 0 Å². The summed E-state index contributed by atoms with van der Waals surface area (Å²) in [7, 11) is 0. The molecular weight excluding hydrogens is 575 g/mol. The summed E-state index contributed by atoms with van der Waals surface area (Å²) in [6.07, 6.45) is -1.84. The highest BCUT2D eigenvalue weighted by molar-refractivity contribution is 7.08. The summed E-state index contributed by atoms with van der Waals surface area (Å²) < 4.78 is 33.0. The molecule has 14 heteroatoms. The van der Waals surface area contributed by atoms with Gasteiger partial charge in [0, 0.05) is 29.9 Å². The Morgan fingerprint density at radius 1 is 1.07 bits per heavy atom. The third-order valence-electron chi connectivity index (χ3n) is 5.99. The van der Waals surface area contributed by atoms with Crippen LogP contribution in [-0.4, -0.2) is 32.8 Å². The van der Waals surface area contributed by atoms with E-state index in [2.05, 4.69) is 31.4 Å². The van der Waals surface area contributed by atoms with E-state index in [0.717, 1.165) is 33.6 Å². The van der Waals surface area contributed by atoms with Crippen LogP contribution in [0.1, 0.15) is 40.3 Å². The van der Waals surface area contributed by atoms with Crippen LogP contribution in [0, 0.1) is 13.8 Å². The van der Waals surface area contributed by atoms with Gasteiger partial charge < -0.3 is 20.3 Å². The van der Waals surface area contributed by atoms with Gasteiger partial charge in [0.2, 0.25) is 0 Å². The number of H-pyrrole nitrogens is 1. The van der Waals surface area contributed by atoms with Crippen molar-refractivity contribution >= 4 is 34.9 Å². The lowest BCUT2D eigenvalue weighted by atomic mass is 10.0. The molecule has 1 aromatic carbocycles. The van der Waals surface area contributed by atoms with Crippen LogP contribution in [0.15, 0.2) is 70.4 Å². The lowest BCUT2D eigenvalue weighted by Gasteiger charge is -2.20. The quantitative estimate of drug-likeness (QED) is 0.250. The predicted octanol–water partition coefficient (Wildman–Crippen LogP) is 3.32. The van der Waals surface area contributed by atoms with E-state index in [9.17, 15) is 27.9 Å². The van der Waals surface area contributed by atoms with E-state index in [1.165, 1.54) is 4.57 Å². The Labute approximate surface area is 242 Å². The lowest BCUT2D eigenvalue weighted by molar-refractivity contribution is -0.361. The minimum absolute atomic E-state index is 0.207. The Kier molecular flexibility index (Phi) is 10.8. The largest absolute Gasteiger partial charge is 0.542 e. The van der Waals surface area contributed by atoms with E-state index in [4.69, 9.17) is 9.90 Å². The zero-order valence-corrected chi connectivity index (χ0v) is 23.4. The summed E-state index contributed by atoms with van der Waals surface area (Å²) in [6, 6.07) is 12.8. The number of halogens is 3. The Balaban J connectivity index is 0.000000616. The average Bonchev–Trinajstić information content (AvgIpc) is 3.39. The van der Waals surface area contributed by atoms with Crippen molar-refractivity contribution in [3.63, 3.8) is 0 Å². The van der Waals surface area contributed by atoms with E-state index in [-0.39, 0.29) is 6.42 Å². The van der Waals surface area contributed by atoms with Crippen LogP contribution in [0.2, 0.25) is 0 Å². The first kappa shape index (κ1) is 31.8. The zero-order valence-electron chi connectivity index (χ0n) is 22.6. The number of aromatic amines is 1. The molecule has 0 amide bonds. The number of hydrogen-bond donors (Lipinski definition) is 3. The summed E-state index contributed by atoms with van der Waals surface area (Å²) in [4.78, 5) is 40.7. The molecule has 0 fully saturated rings. The summed E-state index contributed by atoms with van der Waals surface area (Å²) in [5.74, 6) is -2.56. The molecule has 42 heavy (non-hydrogen) atoms. The van der Waals surface area contributed by atoms with Crippen molar-refractivity contribution in [1.82, 2.24) is 9.55 Å². The normalized spacial score (nSPS) is 11.6. The number of carboxylic acid groups (broad SMARTS) is 2. The number of carbonyl (C=O) groups is 2. The third kappa shape index (κ3) is 9.16. The summed E-state index contributed by atoms with van der Waals surface area (Å²) in [5, 5.41) is 29.1. The van der Waals surface area contributed by atoms with E-state index in [0.29, 0.717) is 18.9 Å². The predicted molar refractivity (Wildman–Crippen MR) is 148 cm³/mol. The molecule has 0 aliphatic heterocycles. The van der Waals surface area contributed by atoms with Crippen molar-refractivity contribution in [3.05, 3.63) is 104 Å². The van der Waals surface area contributed by atoms with Crippen molar-refractivity contribution in [3.8, 4) is 0 Å².